The highest BCUT2D eigenvalue weighted by molar-refractivity contribution is 9.10. The Labute approximate surface area is 125 Å². The normalized spacial score (nSPS) is 18.1. The van der Waals surface area contributed by atoms with Gasteiger partial charge in [-0.3, -0.25) is 9.78 Å². The molecule has 0 atom stereocenters. The molecule has 2 rings (SSSR count). The Morgan fingerprint density at radius 1 is 1.40 bits per heavy atom. The Morgan fingerprint density at radius 2 is 2.05 bits per heavy atom. The van der Waals surface area contributed by atoms with E-state index >= 15 is 0 Å². The van der Waals surface area contributed by atoms with Crippen LogP contribution in [0.4, 0.5) is 0 Å². The van der Waals surface area contributed by atoms with E-state index < -0.39 is 21.5 Å². The van der Waals surface area contributed by atoms with E-state index in [0.29, 0.717) is 17.3 Å². The minimum atomic E-state index is -3.78. The average molecular weight is 363 g/mol. The van der Waals surface area contributed by atoms with Crippen LogP contribution >= 0.6 is 15.9 Å². The molecule has 1 saturated carbocycles. The first-order valence-corrected chi connectivity index (χ1v) is 8.47. The zero-order valence-electron chi connectivity index (χ0n) is 10.7. The van der Waals surface area contributed by atoms with Crippen molar-refractivity contribution in [2.75, 3.05) is 0 Å². The predicted octanol–water partition coefficient (Wildman–Crippen LogP) is 1.91. The lowest BCUT2D eigenvalue weighted by Crippen LogP contribution is -2.47. The summed E-state index contributed by atoms with van der Waals surface area (Å²) in [6.07, 6.45) is 5.27. The van der Waals surface area contributed by atoms with Crippen LogP contribution in [0.2, 0.25) is 0 Å². The van der Waals surface area contributed by atoms with Crippen molar-refractivity contribution in [2.24, 2.45) is 0 Å². The fraction of sp³-hybridized carbons (Fsp3) is 0.500. The highest BCUT2D eigenvalue weighted by atomic mass is 79.9. The smallest absolute Gasteiger partial charge is 0.305 e. The number of aliphatic carboxylic acids is 1. The lowest BCUT2D eigenvalue weighted by Gasteiger charge is -2.28. The number of aromatic nitrogens is 1. The molecule has 1 aliphatic carbocycles. The van der Waals surface area contributed by atoms with Gasteiger partial charge in [-0.25, -0.2) is 13.1 Å². The minimum Gasteiger partial charge on any atom is -0.481 e. The van der Waals surface area contributed by atoms with E-state index in [-0.39, 0.29) is 11.3 Å². The van der Waals surface area contributed by atoms with E-state index in [1.165, 1.54) is 18.5 Å². The molecule has 20 heavy (non-hydrogen) atoms. The van der Waals surface area contributed by atoms with Gasteiger partial charge in [-0.05, 0) is 34.8 Å². The molecule has 6 nitrogen and oxygen atoms in total. The van der Waals surface area contributed by atoms with E-state index in [4.69, 9.17) is 5.11 Å². The Hall–Kier alpha value is -0.990. The first-order chi connectivity index (χ1) is 9.33. The third-order valence-electron chi connectivity index (χ3n) is 3.39. The molecular formula is C12H15BrN2O4S. The minimum absolute atomic E-state index is 0.0311. The molecule has 0 spiro atoms. The van der Waals surface area contributed by atoms with Gasteiger partial charge in [0.25, 0.3) is 0 Å². The van der Waals surface area contributed by atoms with Gasteiger partial charge in [-0.1, -0.05) is 12.8 Å². The number of rotatable bonds is 5. The summed E-state index contributed by atoms with van der Waals surface area (Å²) in [5, 5.41) is 9.00. The molecule has 0 radical (unpaired) electrons. The van der Waals surface area contributed by atoms with Crippen molar-refractivity contribution in [1.29, 1.82) is 0 Å². The molecule has 0 saturated heterocycles. The molecule has 0 amide bonds. The van der Waals surface area contributed by atoms with Crippen LogP contribution in [0.15, 0.2) is 27.8 Å². The maximum Gasteiger partial charge on any atom is 0.305 e. The number of pyridine rings is 1. The van der Waals surface area contributed by atoms with Crippen LogP contribution in [-0.4, -0.2) is 30.0 Å². The summed E-state index contributed by atoms with van der Waals surface area (Å²) < 4.78 is 27.9. The summed E-state index contributed by atoms with van der Waals surface area (Å²) in [4.78, 5) is 14.8. The summed E-state index contributed by atoms with van der Waals surface area (Å²) in [5.41, 5.74) is -0.882. The molecule has 0 bridgehead atoms. The molecule has 1 aromatic heterocycles. The number of carboxylic acid groups (broad SMARTS) is 1. The maximum atomic E-state index is 12.4. The van der Waals surface area contributed by atoms with Crippen LogP contribution in [0.3, 0.4) is 0 Å². The molecule has 8 heteroatoms. The average Bonchev–Trinajstić information content (AvgIpc) is 2.75. The van der Waals surface area contributed by atoms with E-state index in [0.717, 1.165) is 12.8 Å². The number of halogens is 1. The maximum absolute atomic E-state index is 12.4. The van der Waals surface area contributed by atoms with Gasteiger partial charge in [0, 0.05) is 22.4 Å². The van der Waals surface area contributed by atoms with Crippen molar-refractivity contribution >= 4 is 31.9 Å². The Kier molecular flexibility index (Phi) is 4.46. The first-order valence-electron chi connectivity index (χ1n) is 6.19. The lowest BCUT2D eigenvalue weighted by molar-refractivity contribution is -0.138. The van der Waals surface area contributed by atoms with Crippen LogP contribution in [0, 0.1) is 0 Å². The van der Waals surface area contributed by atoms with Crippen LogP contribution in [-0.2, 0) is 14.8 Å². The van der Waals surface area contributed by atoms with Crippen molar-refractivity contribution in [3.63, 3.8) is 0 Å². The number of hydrogen-bond donors (Lipinski definition) is 2. The highest BCUT2D eigenvalue weighted by Gasteiger charge is 2.39. The van der Waals surface area contributed by atoms with Gasteiger partial charge in [0.2, 0.25) is 10.0 Å². The van der Waals surface area contributed by atoms with Crippen LogP contribution in [0.25, 0.3) is 0 Å². The second-order valence-electron chi connectivity index (χ2n) is 5.00. The number of carboxylic acids is 1. The predicted molar refractivity (Wildman–Crippen MR) is 75.7 cm³/mol. The summed E-state index contributed by atoms with van der Waals surface area (Å²) in [7, 11) is -3.78. The summed E-state index contributed by atoms with van der Waals surface area (Å²) >= 11 is 3.17. The van der Waals surface area contributed by atoms with Crippen molar-refractivity contribution < 1.29 is 18.3 Å². The van der Waals surface area contributed by atoms with Crippen LogP contribution in [0.1, 0.15) is 32.1 Å². The molecule has 0 unspecified atom stereocenters. The Morgan fingerprint density at radius 3 is 2.60 bits per heavy atom. The molecule has 0 aliphatic heterocycles. The molecule has 110 valence electrons. The number of carbonyl (C=O) groups is 1. The van der Waals surface area contributed by atoms with Gasteiger partial charge in [-0.15, -0.1) is 0 Å². The zero-order chi connectivity index (χ0) is 14.8. The standard InChI is InChI=1S/C12H15BrN2O4S/c13-9-5-10(8-14-7-9)20(18,19)15-12(6-11(16)17)3-1-2-4-12/h5,7-8,15H,1-4,6H2,(H,16,17). The summed E-state index contributed by atoms with van der Waals surface area (Å²) in [6, 6.07) is 1.44. The van der Waals surface area contributed by atoms with Gasteiger partial charge < -0.3 is 5.11 Å². The van der Waals surface area contributed by atoms with E-state index in [2.05, 4.69) is 25.6 Å². The third-order valence-corrected chi connectivity index (χ3v) is 5.37. The summed E-state index contributed by atoms with van der Waals surface area (Å²) in [5.74, 6) is -0.998. The molecule has 2 N–H and O–H groups in total. The van der Waals surface area contributed by atoms with Crippen LogP contribution in [0.5, 0.6) is 0 Å². The number of sulfonamides is 1. The van der Waals surface area contributed by atoms with Gasteiger partial charge in [0.1, 0.15) is 4.90 Å². The highest BCUT2D eigenvalue weighted by Crippen LogP contribution is 2.34. The van der Waals surface area contributed by atoms with Crippen LogP contribution < -0.4 is 4.72 Å². The molecule has 1 fully saturated rings. The molecule has 1 heterocycles. The Balaban J connectivity index is 2.28. The fourth-order valence-corrected chi connectivity index (χ4v) is 4.50. The number of hydrogen-bond acceptors (Lipinski definition) is 4. The van der Waals surface area contributed by atoms with E-state index in [1.807, 2.05) is 0 Å². The van der Waals surface area contributed by atoms with Crippen molar-refractivity contribution in [2.45, 2.75) is 42.5 Å². The number of nitrogens with zero attached hydrogens (tertiary/aromatic N) is 1. The molecular weight excluding hydrogens is 348 g/mol. The SMILES string of the molecule is O=C(O)CC1(NS(=O)(=O)c2cncc(Br)c2)CCCC1. The van der Waals surface area contributed by atoms with Gasteiger partial charge >= 0.3 is 5.97 Å². The second-order valence-corrected chi connectivity index (χ2v) is 7.60. The van der Waals surface area contributed by atoms with Crippen molar-refractivity contribution in [1.82, 2.24) is 9.71 Å². The first kappa shape index (κ1) is 15.4. The Bertz CT molecular complexity index is 612. The molecule has 1 aliphatic rings. The van der Waals surface area contributed by atoms with E-state index in [9.17, 15) is 13.2 Å². The van der Waals surface area contributed by atoms with Crippen molar-refractivity contribution in [3.05, 3.63) is 22.9 Å². The summed E-state index contributed by atoms with van der Waals surface area (Å²) in [6.45, 7) is 0. The van der Waals surface area contributed by atoms with Gasteiger partial charge in [0.15, 0.2) is 0 Å². The topological polar surface area (TPSA) is 96.4 Å². The molecule has 0 aromatic carbocycles. The molecule has 1 aromatic rings. The second kappa shape index (κ2) is 5.79. The number of nitrogens with one attached hydrogen (secondary N) is 1. The van der Waals surface area contributed by atoms with Gasteiger partial charge in [0.05, 0.1) is 6.42 Å². The largest absolute Gasteiger partial charge is 0.481 e. The monoisotopic (exact) mass is 362 g/mol. The third kappa shape index (κ3) is 3.56. The quantitative estimate of drug-likeness (QED) is 0.833. The fourth-order valence-electron chi connectivity index (χ4n) is 2.54. The van der Waals surface area contributed by atoms with Crippen molar-refractivity contribution in [3.8, 4) is 0 Å². The lowest BCUT2D eigenvalue weighted by atomic mass is 9.95. The van der Waals surface area contributed by atoms with Gasteiger partial charge in [-0.2, -0.15) is 0 Å². The zero-order valence-corrected chi connectivity index (χ0v) is 13.1. The van der Waals surface area contributed by atoms with E-state index in [1.54, 1.807) is 0 Å².